The maximum Gasteiger partial charge on any atom is 0.0590 e. The van der Waals surface area contributed by atoms with Gasteiger partial charge in [0, 0.05) is 23.5 Å². The Balaban J connectivity index is 2.19. The largest absolute Gasteiger partial charge is 0.404 e. The van der Waals surface area contributed by atoms with Gasteiger partial charge in [0.15, 0.2) is 0 Å². The van der Waals surface area contributed by atoms with Gasteiger partial charge >= 0.3 is 0 Å². The molecule has 1 aromatic carbocycles. The monoisotopic (exact) mass is 335 g/mol. The summed E-state index contributed by atoms with van der Waals surface area (Å²) < 4.78 is 0. The minimum Gasteiger partial charge on any atom is -0.404 e. The molecular formula is C22H29N3. The SMILES string of the molecule is C/C=C(/C=C\C=C(/C)c1cccc2c1NCC2)N=C(CC)C(C)=CN. The molecule has 25 heavy (non-hydrogen) atoms. The summed E-state index contributed by atoms with van der Waals surface area (Å²) in [7, 11) is 0. The molecule has 132 valence electrons. The first kappa shape index (κ1) is 18.8. The quantitative estimate of drug-likeness (QED) is 0.552. The molecule has 2 rings (SSSR count). The van der Waals surface area contributed by atoms with E-state index in [-0.39, 0.29) is 0 Å². The van der Waals surface area contributed by atoms with Gasteiger partial charge in [-0.3, -0.25) is 4.99 Å². The molecule has 0 spiro atoms. The van der Waals surface area contributed by atoms with Crippen LogP contribution in [0.1, 0.15) is 45.2 Å². The van der Waals surface area contributed by atoms with E-state index in [1.807, 2.05) is 26.0 Å². The Labute approximate surface area is 151 Å². The van der Waals surface area contributed by atoms with Crippen LogP contribution in [0.5, 0.6) is 0 Å². The van der Waals surface area contributed by atoms with Crippen LogP contribution < -0.4 is 11.1 Å². The molecular weight excluding hydrogens is 306 g/mol. The van der Waals surface area contributed by atoms with E-state index >= 15 is 0 Å². The third-order valence-electron chi connectivity index (χ3n) is 4.48. The molecule has 0 unspecified atom stereocenters. The number of nitrogens with zero attached hydrogens (tertiary/aromatic N) is 1. The van der Waals surface area contributed by atoms with Gasteiger partial charge < -0.3 is 11.1 Å². The fourth-order valence-electron chi connectivity index (χ4n) is 2.94. The molecule has 0 fully saturated rings. The van der Waals surface area contributed by atoms with Gasteiger partial charge in [0.05, 0.1) is 5.70 Å². The minimum atomic E-state index is 0.863. The molecule has 0 aromatic heterocycles. The fraction of sp³-hybridized carbons (Fsp3) is 0.318. The highest BCUT2D eigenvalue weighted by Gasteiger charge is 2.13. The summed E-state index contributed by atoms with van der Waals surface area (Å²) >= 11 is 0. The summed E-state index contributed by atoms with van der Waals surface area (Å²) in [5, 5.41) is 3.50. The third kappa shape index (κ3) is 4.72. The van der Waals surface area contributed by atoms with Crippen LogP contribution in [-0.4, -0.2) is 12.3 Å². The molecule has 1 heterocycles. The lowest BCUT2D eigenvalue weighted by Gasteiger charge is -2.08. The van der Waals surface area contributed by atoms with Gasteiger partial charge in [-0.2, -0.15) is 0 Å². The van der Waals surface area contributed by atoms with Gasteiger partial charge in [-0.15, -0.1) is 0 Å². The van der Waals surface area contributed by atoms with Crippen LogP contribution >= 0.6 is 0 Å². The number of hydrogen-bond donors (Lipinski definition) is 2. The van der Waals surface area contributed by atoms with E-state index < -0.39 is 0 Å². The second-order valence-corrected chi connectivity index (χ2v) is 6.20. The van der Waals surface area contributed by atoms with E-state index in [2.05, 4.69) is 49.5 Å². The molecule has 1 aliphatic rings. The van der Waals surface area contributed by atoms with Crippen LogP contribution in [0.2, 0.25) is 0 Å². The molecule has 0 aliphatic carbocycles. The standard InChI is InChI=1S/C22H29N3/c1-5-19(25-21(6-2)17(4)15-23)11-7-9-16(3)20-12-8-10-18-13-14-24-22(18)20/h5,7-12,15,24H,6,13-14,23H2,1-4H3/b11-7-,16-9+,17-15?,19-5-,25-21?. The van der Waals surface area contributed by atoms with Crippen LogP contribution in [0, 0.1) is 0 Å². The first-order valence-electron chi connectivity index (χ1n) is 8.94. The Morgan fingerprint density at radius 2 is 2.12 bits per heavy atom. The smallest absolute Gasteiger partial charge is 0.0590 e. The topological polar surface area (TPSA) is 50.4 Å². The Kier molecular flexibility index (Phi) is 6.81. The van der Waals surface area contributed by atoms with E-state index in [9.17, 15) is 0 Å². The maximum atomic E-state index is 5.62. The number of para-hydroxylation sites is 1. The predicted molar refractivity (Wildman–Crippen MR) is 111 cm³/mol. The van der Waals surface area contributed by atoms with Crippen molar-refractivity contribution in [1.82, 2.24) is 0 Å². The number of rotatable bonds is 6. The van der Waals surface area contributed by atoms with Crippen molar-refractivity contribution in [2.45, 2.75) is 40.5 Å². The lowest BCUT2D eigenvalue weighted by atomic mass is 10.0. The number of nitrogens with one attached hydrogen (secondary N) is 1. The van der Waals surface area contributed by atoms with E-state index in [1.54, 1.807) is 6.20 Å². The lowest BCUT2D eigenvalue weighted by molar-refractivity contribution is 1.11. The minimum absolute atomic E-state index is 0.863. The average molecular weight is 335 g/mol. The highest BCUT2D eigenvalue weighted by molar-refractivity contribution is 6.00. The van der Waals surface area contributed by atoms with Crippen molar-refractivity contribution in [2.24, 2.45) is 10.7 Å². The highest BCUT2D eigenvalue weighted by Crippen LogP contribution is 2.31. The van der Waals surface area contributed by atoms with Gasteiger partial charge in [0.25, 0.3) is 0 Å². The molecule has 0 saturated heterocycles. The zero-order valence-corrected chi connectivity index (χ0v) is 15.8. The summed E-state index contributed by atoms with van der Waals surface area (Å²) in [6.07, 6.45) is 11.9. The summed E-state index contributed by atoms with van der Waals surface area (Å²) in [4.78, 5) is 4.71. The Morgan fingerprint density at radius 1 is 1.32 bits per heavy atom. The third-order valence-corrected chi connectivity index (χ3v) is 4.48. The van der Waals surface area contributed by atoms with Crippen molar-refractivity contribution in [2.75, 3.05) is 11.9 Å². The van der Waals surface area contributed by atoms with E-state index in [1.165, 1.54) is 22.4 Å². The van der Waals surface area contributed by atoms with Crippen molar-refractivity contribution < 1.29 is 0 Å². The lowest BCUT2D eigenvalue weighted by Crippen LogP contribution is -2.01. The Bertz CT molecular complexity index is 761. The van der Waals surface area contributed by atoms with E-state index in [4.69, 9.17) is 10.7 Å². The van der Waals surface area contributed by atoms with Crippen molar-refractivity contribution in [3.8, 4) is 0 Å². The normalized spacial score (nSPS) is 16.3. The first-order valence-corrected chi connectivity index (χ1v) is 8.94. The molecule has 1 aromatic rings. The van der Waals surface area contributed by atoms with Gasteiger partial charge in [-0.25, -0.2) is 0 Å². The van der Waals surface area contributed by atoms with Gasteiger partial charge in [0.2, 0.25) is 0 Å². The predicted octanol–water partition coefficient (Wildman–Crippen LogP) is 5.23. The van der Waals surface area contributed by atoms with Crippen LogP contribution in [0.25, 0.3) is 5.57 Å². The number of aliphatic imine (C=N–C) groups is 1. The van der Waals surface area contributed by atoms with Crippen molar-refractivity contribution in [3.05, 3.63) is 71.1 Å². The molecule has 0 amide bonds. The number of allylic oxidation sites excluding steroid dienone is 6. The Morgan fingerprint density at radius 3 is 2.80 bits per heavy atom. The summed E-state index contributed by atoms with van der Waals surface area (Å²) in [6, 6.07) is 6.52. The van der Waals surface area contributed by atoms with Crippen LogP contribution in [0.15, 0.2) is 65.0 Å². The Hall–Kier alpha value is -2.55. The first-order chi connectivity index (χ1) is 12.1. The highest BCUT2D eigenvalue weighted by atomic mass is 14.9. The van der Waals surface area contributed by atoms with E-state index in [0.717, 1.165) is 36.4 Å². The molecule has 3 N–H and O–H groups in total. The number of fused-ring (bicyclic) bond motifs is 1. The number of anilines is 1. The van der Waals surface area contributed by atoms with Gasteiger partial charge in [-0.05, 0) is 62.6 Å². The number of benzene rings is 1. The van der Waals surface area contributed by atoms with Crippen LogP contribution in [-0.2, 0) is 6.42 Å². The van der Waals surface area contributed by atoms with Crippen LogP contribution in [0.4, 0.5) is 5.69 Å². The molecule has 3 nitrogen and oxygen atoms in total. The van der Waals surface area contributed by atoms with Crippen LogP contribution in [0.3, 0.4) is 0 Å². The number of hydrogen-bond acceptors (Lipinski definition) is 3. The fourth-order valence-corrected chi connectivity index (χ4v) is 2.94. The van der Waals surface area contributed by atoms with Gasteiger partial charge in [0.1, 0.15) is 0 Å². The molecule has 0 atom stereocenters. The second-order valence-electron chi connectivity index (χ2n) is 6.20. The van der Waals surface area contributed by atoms with Gasteiger partial charge in [-0.1, -0.05) is 43.4 Å². The zero-order chi connectivity index (χ0) is 18.2. The molecule has 0 radical (unpaired) electrons. The van der Waals surface area contributed by atoms with E-state index in [0.29, 0.717) is 0 Å². The maximum absolute atomic E-state index is 5.62. The van der Waals surface area contributed by atoms with Crippen molar-refractivity contribution >= 4 is 17.0 Å². The molecule has 0 saturated carbocycles. The summed E-state index contributed by atoms with van der Waals surface area (Å²) in [6.45, 7) is 9.27. The summed E-state index contributed by atoms with van der Waals surface area (Å²) in [5.41, 5.74) is 13.8. The zero-order valence-electron chi connectivity index (χ0n) is 15.8. The van der Waals surface area contributed by atoms with Crippen molar-refractivity contribution in [1.29, 1.82) is 0 Å². The average Bonchev–Trinajstić information content (AvgIpc) is 3.12. The van der Waals surface area contributed by atoms with Crippen molar-refractivity contribution in [3.63, 3.8) is 0 Å². The molecule has 3 heteroatoms. The molecule has 0 bridgehead atoms. The number of nitrogens with two attached hydrogens (primary N) is 1. The molecule has 1 aliphatic heterocycles. The second kappa shape index (κ2) is 9.07. The summed E-state index contributed by atoms with van der Waals surface area (Å²) in [5.74, 6) is 0.